The van der Waals surface area contributed by atoms with Crippen LogP contribution < -0.4 is 15.4 Å². The van der Waals surface area contributed by atoms with Gasteiger partial charge in [-0.15, -0.1) is 24.0 Å². The van der Waals surface area contributed by atoms with Gasteiger partial charge in [0, 0.05) is 26.8 Å². The standard InChI is InChI=1S/C20H30F3N3O2.HI/c1-3-24-18(26-14-19(9-4-10-19)11-12-27-2)25-13-16-5-7-17(8-6-16)28-15-20(21,22)23;/h5-8H,3-4,9-15H2,1-2H3,(H2,24,25,26);1H. The van der Waals surface area contributed by atoms with Gasteiger partial charge in [-0.25, -0.2) is 4.99 Å². The smallest absolute Gasteiger partial charge is 0.422 e. The normalized spacial score (nSPS) is 15.8. The highest BCUT2D eigenvalue weighted by atomic mass is 127. The second-order valence-electron chi connectivity index (χ2n) is 7.19. The largest absolute Gasteiger partial charge is 0.484 e. The lowest BCUT2D eigenvalue weighted by Gasteiger charge is -2.42. The number of ether oxygens (including phenoxy) is 2. The lowest BCUT2D eigenvalue weighted by atomic mass is 9.67. The fourth-order valence-electron chi connectivity index (χ4n) is 3.15. The summed E-state index contributed by atoms with van der Waals surface area (Å²) in [5.41, 5.74) is 1.18. The molecule has 0 bridgehead atoms. The molecule has 0 aromatic heterocycles. The molecular weight excluding hydrogens is 498 g/mol. The number of benzene rings is 1. The molecule has 0 spiro atoms. The van der Waals surface area contributed by atoms with E-state index in [4.69, 9.17) is 9.47 Å². The van der Waals surface area contributed by atoms with Crippen LogP contribution in [0.4, 0.5) is 13.2 Å². The fourth-order valence-corrected chi connectivity index (χ4v) is 3.15. The summed E-state index contributed by atoms with van der Waals surface area (Å²) in [6.07, 6.45) is 0.345. The maximum absolute atomic E-state index is 12.2. The molecule has 0 amide bonds. The maximum atomic E-state index is 12.2. The number of methoxy groups -OCH3 is 1. The molecule has 1 aliphatic carbocycles. The van der Waals surface area contributed by atoms with Crippen molar-refractivity contribution in [1.82, 2.24) is 10.6 Å². The van der Waals surface area contributed by atoms with E-state index in [1.165, 1.54) is 31.4 Å². The fraction of sp³-hybridized carbons (Fsp3) is 0.650. The van der Waals surface area contributed by atoms with Crippen LogP contribution >= 0.6 is 24.0 Å². The van der Waals surface area contributed by atoms with Crippen molar-refractivity contribution < 1.29 is 22.6 Å². The van der Waals surface area contributed by atoms with Crippen LogP contribution in [0.25, 0.3) is 0 Å². The average molecular weight is 529 g/mol. The molecule has 1 saturated carbocycles. The molecule has 1 aromatic carbocycles. The lowest BCUT2D eigenvalue weighted by molar-refractivity contribution is -0.153. The van der Waals surface area contributed by atoms with Gasteiger partial charge in [0.05, 0.1) is 6.54 Å². The highest BCUT2D eigenvalue weighted by molar-refractivity contribution is 14.0. The van der Waals surface area contributed by atoms with Crippen LogP contribution in [0.5, 0.6) is 5.75 Å². The molecule has 1 aliphatic rings. The Hall–Kier alpha value is -1.23. The van der Waals surface area contributed by atoms with Gasteiger partial charge in [0.2, 0.25) is 0 Å². The van der Waals surface area contributed by atoms with E-state index in [1.807, 2.05) is 6.92 Å². The van der Waals surface area contributed by atoms with Crippen LogP contribution in [0.1, 0.15) is 38.2 Å². The first-order valence-corrected chi connectivity index (χ1v) is 9.65. The summed E-state index contributed by atoms with van der Waals surface area (Å²) in [5.74, 6) is 0.934. The zero-order valence-corrected chi connectivity index (χ0v) is 19.3. The van der Waals surface area contributed by atoms with Gasteiger partial charge < -0.3 is 20.1 Å². The molecule has 29 heavy (non-hydrogen) atoms. The Balaban J connectivity index is 0.00000420. The summed E-state index contributed by atoms with van der Waals surface area (Å²) in [4.78, 5) is 4.58. The molecular formula is C20H31F3IN3O2. The SMILES string of the molecule is CCNC(=NCc1ccc(OCC(F)(F)F)cc1)NCC1(CCOC)CCC1.I. The zero-order chi connectivity index (χ0) is 20.5. The van der Waals surface area contributed by atoms with Crippen molar-refractivity contribution in [3.8, 4) is 5.75 Å². The zero-order valence-electron chi connectivity index (χ0n) is 17.0. The molecule has 1 aromatic rings. The Kier molecular flexibility index (Phi) is 11.1. The number of alkyl halides is 3. The van der Waals surface area contributed by atoms with Gasteiger partial charge in [0.15, 0.2) is 12.6 Å². The Morgan fingerprint density at radius 1 is 1.17 bits per heavy atom. The molecule has 0 saturated heterocycles. The van der Waals surface area contributed by atoms with Crippen molar-refractivity contribution in [2.75, 3.05) is 33.4 Å². The Morgan fingerprint density at radius 2 is 1.86 bits per heavy atom. The van der Waals surface area contributed by atoms with E-state index >= 15 is 0 Å². The van der Waals surface area contributed by atoms with E-state index in [-0.39, 0.29) is 35.1 Å². The summed E-state index contributed by atoms with van der Waals surface area (Å²) in [6, 6.07) is 6.52. The molecule has 0 heterocycles. The van der Waals surface area contributed by atoms with Crippen molar-refractivity contribution in [2.24, 2.45) is 10.4 Å². The summed E-state index contributed by atoms with van der Waals surface area (Å²) in [6.45, 7) is 3.52. The van der Waals surface area contributed by atoms with Gasteiger partial charge in [-0.05, 0) is 49.3 Å². The summed E-state index contributed by atoms with van der Waals surface area (Å²) >= 11 is 0. The van der Waals surface area contributed by atoms with E-state index in [1.54, 1.807) is 19.2 Å². The molecule has 166 valence electrons. The monoisotopic (exact) mass is 529 g/mol. The van der Waals surface area contributed by atoms with Crippen LogP contribution in [-0.2, 0) is 11.3 Å². The number of hydrogen-bond donors (Lipinski definition) is 2. The van der Waals surface area contributed by atoms with Crippen LogP contribution in [0, 0.1) is 5.41 Å². The van der Waals surface area contributed by atoms with Crippen molar-refractivity contribution in [3.05, 3.63) is 29.8 Å². The molecule has 0 unspecified atom stereocenters. The van der Waals surface area contributed by atoms with Crippen molar-refractivity contribution >= 4 is 29.9 Å². The first kappa shape index (κ1) is 25.8. The Morgan fingerprint density at radius 3 is 2.38 bits per heavy atom. The van der Waals surface area contributed by atoms with Gasteiger partial charge in [-0.2, -0.15) is 13.2 Å². The predicted molar refractivity (Wildman–Crippen MR) is 119 cm³/mol. The highest BCUT2D eigenvalue weighted by Gasteiger charge is 2.36. The second kappa shape index (κ2) is 12.5. The summed E-state index contributed by atoms with van der Waals surface area (Å²) < 4.78 is 46.5. The van der Waals surface area contributed by atoms with E-state index in [0.717, 1.165) is 37.6 Å². The average Bonchev–Trinajstić information content (AvgIpc) is 2.63. The molecule has 0 atom stereocenters. The van der Waals surface area contributed by atoms with Crippen LogP contribution in [0.2, 0.25) is 0 Å². The molecule has 9 heteroatoms. The quantitative estimate of drug-likeness (QED) is 0.266. The topological polar surface area (TPSA) is 54.9 Å². The first-order chi connectivity index (χ1) is 13.4. The van der Waals surface area contributed by atoms with Crippen molar-refractivity contribution in [3.63, 3.8) is 0 Å². The number of aliphatic imine (C=N–C) groups is 1. The predicted octanol–water partition coefficient (Wildman–Crippen LogP) is 4.51. The minimum atomic E-state index is -4.34. The molecule has 2 N–H and O–H groups in total. The van der Waals surface area contributed by atoms with E-state index in [2.05, 4.69) is 15.6 Å². The van der Waals surface area contributed by atoms with Gasteiger partial charge in [-0.1, -0.05) is 18.6 Å². The minimum Gasteiger partial charge on any atom is -0.484 e. The van der Waals surface area contributed by atoms with E-state index in [9.17, 15) is 13.2 Å². The van der Waals surface area contributed by atoms with Crippen LogP contribution in [0.15, 0.2) is 29.3 Å². The molecule has 1 fully saturated rings. The van der Waals surface area contributed by atoms with Gasteiger partial charge in [0.25, 0.3) is 0 Å². The first-order valence-electron chi connectivity index (χ1n) is 9.65. The van der Waals surface area contributed by atoms with Gasteiger partial charge in [0.1, 0.15) is 5.75 Å². The van der Waals surface area contributed by atoms with Crippen LogP contribution in [-0.4, -0.2) is 45.5 Å². The summed E-state index contributed by atoms with van der Waals surface area (Å²) in [7, 11) is 1.73. The maximum Gasteiger partial charge on any atom is 0.422 e. The molecule has 2 rings (SSSR count). The van der Waals surface area contributed by atoms with Gasteiger partial charge >= 0.3 is 6.18 Å². The number of nitrogens with one attached hydrogen (secondary N) is 2. The Bertz CT molecular complexity index is 620. The number of hydrogen-bond acceptors (Lipinski definition) is 3. The van der Waals surface area contributed by atoms with E-state index in [0.29, 0.717) is 6.54 Å². The Labute approximate surface area is 187 Å². The molecule has 0 aliphatic heterocycles. The van der Waals surface area contributed by atoms with Crippen LogP contribution in [0.3, 0.4) is 0 Å². The van der Waals surface area contributed by atoms with E-state index < -0.39 is 12.8 Å². The molecule has 0 radical (unpaired) electrons. The third kappa shape index (κ3) is 9.41. The minimum absolute atomic E-state index is 0. The molecule has 5 nitrogen and oxygen atoms in total. The van der Waals surface area contributed by atoms with Crippen molar-refractivity contribution in [1.29, 1.82) is 0 Å². The number of guanidine groups is 1. The number of rotatable bonds is 10. The number of halogens is 4. The lowest BCUT2D eigenvalue weighted by Crippen LogP contribution is -2.46. The van der Waals surface area contributed by atoms with Crippen molar-refractivity contribution in [2.45, 2.75) is 45.3 Å². The third-order valence-corrected chi connectivity index (χ3v) is 4.97. The summed E-state index contributed by atoms with van der Waals surface area (Å²) in [5, 5.41) is 6.66. The van der Waals surface area contributed by atoms with Gasteiger partial charge in [-0.3, -0.25) is 0 Å². The second-order valence-corrected chi connectivity index (χ2v) is 7.19. The third-order valence-electron chi connectivity index (χ3n) is 4.97. The highest BCUT2D eigenvalue weighted by Crippen LogP contribution is 2.43. The number of nitrogens with zero attached hydrogens (tertiary/aromatic N) is 1.